The van der Waals surface area contributed by atoms with Crippen molar-refractivity contribution in [2.24, 2.45) is 0 Å². The molecule has 0 bridgehead atoms. The highest BCUT2D eigenvalue weighted by Crippen LogP contribution is 2.28. The Hall–Kier alpha value is -2.93. The first-order valence-electron chi connectivity index (χ1n) is 8.40. The Morgan fingerprint density at radius 3 is 2.50 bits per heavy atom. The molecule has 7 nitrogen and oxygen atoms in total. The molecule has 0 aliphatic heterocycles. The Balaban J connectivity index is 2.11. The molecule has 0 saturated carbocycles. The first-order chi connectivity index (χ1) is 12.6. The lowest BCUT2D eigenvalue weighted by molar-refractivity contribution is -0.385. The van der Waals surface area contributed by atoms with Gasteiger partial charge in [-0.05, 0) is 37.1 Å². The molecule has 0 aliphatic carbocycles. The predicted octanol–water partition coefficient (Wildman–Crippen LogP) is 3.46. The number of hydrogen-bond donors (Lipinski definition) is 1. The Morgan fingerprint density at radius 2 is 1.85 bits per heavy atom. The molecule has 7 heteroatoms. The number of ether oxygens (including phenoxy) is 2. The summed E-state index contributed by atoms with van der Waals surface area (Å²) in [6.07, 6.45) is 0. The second-order valence-electron chi connectivity index (χ2n) is 5.46. The third-order valence-electron chi connectivity index (χ3n) is 3.74. The maximum absolute atomic E-state index is 12.4. The van der Waals surface area contributed by atoms with E-state index in [4.69, 9.17) is 9.47 Å². The van der Waals surface area contributed by atoms with Gasteiger partial charge in [0.1, 0.15) is 0 Å². The van der Waals surface area contributed by atoms with E-state index in [1.807, 2.05) is 31.2 Å². The molecule has 26 heavy (non-hydrogen) atoms. The third-order valence-corrected chi connectivity index (χ3v) is 3.74. The van der Waals surface area contributed by atoms with Gasteiger partial charge in [0.15, 0.2) is 5.75 Å². The molecule has 138 valence electrons. The lowest BCUT2D eigenvalue weighted by Gasteiger charge is -2.11. The zero-order valence-corrected chi connectivity index (χ0v) is 14.9. The number of carbonyl (C=O) groups is 1. The molecule has 0 radical (unpaired) electrons. The molecule has 2 aromatic carbocycles. The molecule has 0 heterocycles. The third kappa shape index (κ3) is 5.03. The maximum atomic E-state index is 12.4. The van der Waals surface area contributed by atoms with Gasteiger partial charge in [-0.3, -0.25) is 14.9 Å². The molecule has 0 unspecified atom stereocenters. The van der Waals surface area contributed by atoms with Gasteiger partial charge in [0.05, 0.1) is 18.1 Å². The van der Waals surface area contributed by atoms with Crippen molar-refractivity contribution in [3.8, 4) is 5.75 Å². The number of nitro benzene ring substituents is 1. The van der Waals surface area contributed by atoms with Crippen LogP contribution < -0.4 is 10.1 Å². The van der Waals surface area contributed by atoms with Gasteiger partial charge < -0.3 is 14.8 Å². The number of amides is 1. The van der Waals surface area contributed by atoms with Crippen molar-refractivity contribution >= 4 is 11.6 Å². The van der Waals surface area contributed by atoms with Crippen LogP contribution in [0.4, 0.5) is 5.69 Å². The van der Waals surface area contributed by atoms with E-state index in [9.17, 15) is 14.9 Å². The van der Waals surface area contributed by atoms with E-state index in [1.54, 1.807) is 6.92 Å². The summed E-state index contributed by atoms with van der Waals surface area (Å²) in [4.78, 5) is 23.0. The SMILES string of the molecule is CCOCc1ccccc1CNC(=O)c1ccc(OCC)c([N+](=O)[O-])c1. The summed E-state index contributed by atoms with van der Waals surface area (Å²) in [5.41, 5.74) is 1.92. The number of benzene rings is 2. The Labute approximate surface area is 152 Å². The molecule has 0 aliphatic rings. The van der Waals surface area contributed by atoms with Gasteiger partial charge in [-0.25, -0.2) is 0 Å². The molecular formula is C19H22N2O5. The summed E-state index contributed by atoms with van der Waals surface area (Å²) in [6, 6.07) is 11.8. The molecule has 1 amide bonds. The van der Waals surface area contributed by atoms with Crippen LogP contribution in [-0.4, -0.2) is 24.0 Å². The topological polar surface area (TPSA) is 90.7 Å². The van der Waals surface area contributed by atoms with Crippen molar-refractivity contribution in [1.29, 1.82) is 0 Å². The number of carbonyl (C=O) groups excluding carboxylic acids is 1. The summed E-state index contributed by atoms with van der Waals surface area (Å²) >= 11 is 0. The normalized spacial score (nSPS) is 10.4. The zero-order chi connectivity index (χ0) is 18.9. The maximum Gasteiger partial charge on any atom is 0.311 e. The van der Waals surface area contributed by atoms with E-state index >= 15 is 0 Å². The number of hydrogen-bond acceptors (Lipinski definition) is 5. The van der Waals surface area contributed by atoms with E-state index in [-0.39, 0.29) is 22.9 Å². The highest BCUT2D eigenvalue weighted by Gasteiger charge is 2.18. The van der Waals surface area contributed by atoms with E-state index in [1.165, 1.54) is 18.2 Å². The first-order valence-corrected chi connectivity index (χ1v) is 8.40. The lowest BCUT2D eigenvalue weighted by atomic mass is 10.1. The Kier molecular flexibility index (Phi) is 7.11. The van der Waals surface area contributed by atoms with Gasteiger partial charge in [0.2, 0.25) is 0 Å². The predicted molar refractivity (Wildman–Crippen MR) is 97.2 cm³/mol. The molecule has 2 aromatic rings. The Bertz CT molecular complexity index is 776. The molecule has 0 saturated heterocycles. The van der Waals surface area contributed by atoms with Crippen LogP contribution in [0.2, 0.25) is 0 Å². The smallest absolute Gasteiger partial charge is 0.311 e. The van der Waals surface area contributed by atoms with Crippen molar-refractivity contribution in [3.05, 3.63) is 69.3 Å². The van der Waals surface area contributed by atoms with Crippen LogP contribution >= 0.6 is 0 Å². The van der Waals surface area contributed by atoms with Gasteiger partial charge in [-0.1, -0.05) is 24.3 Å². The minimum Gasteiger partial charge on any atom is -0.487 e. The van der Waals surface area contributed by atoms with E-state index in [2.05, 4.69) is 5.32 Å². The second kappa shape index (κ2) is 9.53. The first kappa shape index (κ1) is 19.4. The monoisotopic (exact) mass is 358 g/mol. The Morgan fingerprint density at radius 1 is 1.12 bits per heavy atom. The molecule has 0 spiro atoms. The fourth-order valence-electron chi connectivity index (χ4n) is 2.44. The van der Waals surface area contributed by atoms with E-state index < -0.39 is 4.92 Å². The van der Waals surface area contributed by atoms with Crippen LogP contribution in [0.1, 0.15) is 35.3 Å². The van der Waals surface area contributed by atoms with Crippen molar-refractivity contribution in [1.82, 2.24) is 5.32 Å². The van der Waals surface area contributed by atoms with Gasteiger partial charge in [0.25, 0.3) is 5.91 Å². The summed E-state index contributed by atoms with van der Waals surface area (Å²) in [5.74, 6) is -0.238. The lowest BCUT2D eigenvalue weighted by Crippen LogP contribution is -2.23. The van der Waals surface area contributed by atoms with Crippen LogP contribution in [0.3, 0.4) is 0 Å². The number of rotatable bonds is 9. The quantitative estimate of drug-likeness (QED) is 0.547. The average molecular weight is 358 g/mol. The van der Waals surface area contributed by atoms with Gasteiger partial charge in [0, 0.05) is 24.8 Å². The van der Waals surface area contributed by atoms with Crippen molar-refractivity contribution < 1.29 is 19.2 Å². The molecule has 0 fully saturated rings. The van der Waals surface area contributed by atoms with Gasteiger partial charge in [-0.2, -0.15) is 0 Å². The van der Waals surface area contributed by atoms with Gasteiger partial charge >= 0.3 is 5.69 Å². The van der Waals surface area contributed by atoms with Crippen molar-refractivity contribution in [2.45, 2.75) is 27.0 Å². The van der Waals surface area contributed by atoms with Crippen molar-refractivity contribution in [3.63, 3.8) is 0 Å². The fraction of sp³-hybridized carbons (Fsp3) is 0.316. The minimum atomic E-state index is -0.556. The van der Waals surface area contributed by atoms with Crippen LogP contribution in [0.15, 0.2) is 42.5 Å². The zero-order valence-electron chi connectivity index (χ0n) is 14.9. The number of nitrogens with zero attached hydrogens (tertiary/aromatic N) is 1. The van der Waals surface area contributed by atoms with Crippen molar-refractivity contribution in [2.75, 3.05) is 13.2 Å². The average Bonchev–Trinajstić information content (AvgIpc) is 2.65. The number of nitrogens with one attached hydrogen (secondary N) is 1. The number of nitro groups is 1. The summed E-state index contributed by atoms with van der Waals surface area (Å²) in [5, 5.41) is 14.0. The van der Waals surface area contributed by atoms with Crippen LogP contribution in [0, 0.1) is 10.1 Å². The fourth-order valence-corrected chi connectivity index (χ4v) is 2.44. The van der Waals surface area contributed by atoms with Crippen LogP contribution in [0.25, 0.3) is 0 Å². The summed E-state index contributed by atoms with van der Waals surface area (Å²) < 4.78 is 10.7. The summed E-state index contributed by atoms with van der Waals surface area (Å²) in [6.45, 7) is 5.35. The molecule has 0 aromatic heterocycles. The highest BCUT2D eigenvalue weighted by molar-refractivity contribution is 5.95. The molecular weight excluding hydrogens is 336 g/mol. The molecule has 2 rings (SSSR count). The van der Waals surface area contributed by atoms with E-state index in [0.29, 0.717) is 26.4 Å². The largest absolute Gasteiger partial charge is 0.487 e. The summed E-state index contributed by atoms with van der Waals surface area (Å²) in [7, 11) is 0. The molecule has 0 atom stereocenters. The van der Waals surface area contributed by atoms with Crippen LogP contribution in [-0.2, 0) is 17.9 Å². The second-order valence-corrected chi connectivity index (χ2v) is 5.46. The minimum absolute atomic E-state index is 0.149. The molecule has 1 N–H and O–H groups in total. The van der Waals surface area contributed by atoms with Gasteiger partial charge in [-0.15, -0.1) is 0 Å². The standard InChI is InChI=1S/C19H22N2O5/c1-3-25-13-16-8-6-5-7-15(16)12-20-19(22)14-9-10-18(26-4-2)17(11-14)21(23)24/h5-11H,3-4,12-13H2,1-2H3,(H,20,22). The van der Waals surface area contributed by atoms with E-state index in [0.717, 1.165) is 11.1 Å². The van der Waals surface area contributed by atoms with Crippen LogP contribution in [0.5, 0.6) is 5.75 Å². The highest BCUT2D eigenvalue weighted by atomic mass is 16.6.